The highest BCUT2D eigenvalue weighted by Crippen LogP contribution is 2.37. The highest BCUT2D eigenvalue weighted by atomic mass is 28.4. The van der Waals surface area contributed by atoms with Crippen LogP contribution in [0, 0.1) is 6.92 Å². The summed E-state index contributed by atoms with van der Waals surface area (Å²) in [5, 5.41) is 8.61. The van der Waals surface area contributed by atoms with Crippen LogP contribution in [0.5, 0.6) is 5.75 Å². The molecule has 2 heterocycles. The van der Waals surface area contributed by atoms with Crippen LogP contribution in [-0.2, 0) is 23.8 Å². The molecule has 0 unspecified atom stereocenters. The van der Waals surface area contributed by atoms with Gasteiger partial charge in [-0.15, -0.1) is 9.90 Å². The molecular formula is C22H28F3N5O2Si. The molecule has 178 valence electrons. The summed E-state index contributed by atoms with van der Waals surface area (Å²) in [4.78, 5) is 9.60. The number of hydrogen-bond donors (Lipinski definition) is 0. The van der Waals surface area contributed by atoms with E-state index < -0.39 is 20.1 Å². The lowest BCUT2D eigenvalue weighted by atomic mass is 10.0. The summed E-state index contributed by atoms with van der Waals surface area (Å²) in [6, 6.07) is 4.03. The number of aromatic nitrogens is 5. The summed E-state index contributed by atoms with van der Waals surface area (Å²) in [7, 11) is -1.92. The van der Waals surface area contributed by atoms with Gasteiger partial charge in [0.05, 0.1) is 30.8 Å². The lowest BCUT2D eigenvalue weighted by Crippen LogP contribution is -2.40. The molecule has 0 bridgehead atoms. The maximum atomic E-state index is 13.3. The number of hydrogen-bond acceptors (Lipinski definition) is 6. The van der Waals surface area contributed by atoms with E-state index in [1.165, 1.54) is 23.3 Å². The summed E-state index contributed by atoms with van der Waals surface area (Å²) in [6.07, 6.45) is -0.105. The Morgan fingerprint density at radius 2 is 1.67 bits per heavy atom. The van der Waals surface area contributed by atoms with Gasteiger partial charge in [0.2, 0.25) is 0 Å². The highest BCUT2D eigenvalue weighted by molar-refractivity contribution is 6.74. The Morgan fingerprint density at radius 1 is 1.00 bits per heavy atom. The normalized spacial score (nSPS) is 12.8. The average molecular weight is 480 g/mol. The molecule has 0 aliphatic carbocycles. The van der Waals surface area contributed by atoms with E-state index in [2.05, 4.69) is 54.0 Å². The minimum atomic E-state index is -4.46. The van der Waals surface area contributed by atoms with Gasteiger partial charge in [0.1, 0.15) is 12.3 Å². The van der Waals surface area contributed by atoms with Gasteiger partial charge in [-0.05, 0) is 36.7 Å². The van der Waals surface area contributed by atoms with E-state index in [0.717, 1.165) is 6.07 Å². The van der Waals surface area contributed by atoms with Crippen molar-refractivity contribution in [1.29, 1.82) is 0 Å². The lowest BCUT2D eigenvalue weighted by Gasteiger charge is -2.35. The number of alkyl halides is 3. The molecule has 0 atom stereocenters. The third kappa shape index (κ3) is 5.96. The molecule has 0 aliphatic heterocycles. The van der Waals surface area contributed by atoms with Gasteiger partial charge < -0.3 is 9.16 Å². The number of rotatable bonds is 7. The zero-order valence-electron chi connectivity index (χ0n) is 19.6. The summed E-state index contributed by atoms with van der Waals surface area (Å²) in [5.41, 5.74) is 0.515. The second-order valence-corrected chi connectivity index (χ2v) is 14.1. The van der Waals surface area contributed by atoms with Crippen molar-refractivity contribution in [3.8, 4) is 11.7 Å². The molecule has 0 aliphatic rings. The second kappa shape index (κ2) is 9.22. The first-order valence-electron chi connectivity index (χ1n) is 10.4. The topological polar surface area (TPSA) is 75.0 Å². The van der Waals surface area contributed by atoms with Crippen molar-refractivity contribution >= 4 is 8.32 Å². The maximum Gasteiger partial charge on any atom is 0.416 e. The van der Waals surface area contributed by atoms with Crippen LogP contribution in [0.1, 0.15) is 43.2 Å². The van der Waals surface area contributed by atoms with Gasteiger partial charge in [-0.2, -0.15) is 18.3 Å². The van der Waals surface area contributed by atoms with Gasteiger partial charge in [0.15, 0.2) is 14.1 Å². The van der Waals surface area contributed by atoms with Crippen LogP contribution < -0.4 is 4.74 Å². The minimum absolute atomic E-state index is 0.0780. The molecule has 0 radical (unpaired) electrons. The zero-order valence-corrected chi connectivity index (χ0v) is 20.6. The molecule has 11 heteroatoms. The van der Waals surface area contributed by atoms with E-state index >= 15 is 0 Å². The van der Waals surface area contributed by atoms with Crippen molar-refractivity contribution in [3.63, 3.8) is 0 Å². The van der Waals surface area contributed by atoms with Crippen molar-refractivity contribution in [2.45, 2.75) is 65.2 Å². The molecule has 1 aromatic carbocycles. The third-order valence-corrected chi connectivity index (χ3v) is 10.3. The summed E-state index contributed by atoms with van der Waals surface area (Å²) >= 11 is 0. The molecule has 33 heavy (non-hydrogen) atoms. The van der Waals surface area contributed by atoms with Crippen molar-refractivity contribution in [2.75, 3.05) is 0 Å². The summed E-state index contributed by atoms with van der Waals surface area (Å²) < 4.78 is 51.5. The number of halogens is 3. The molecule has 0 spiro atoms. The van der Waals surface area contributed by atoms with Gasteiger partial charge in [0.25, 0.3) is 5.95 Å². The molecule has 0 saturated carbocycles. The van der Waals surface area contributed by atoms with Crippen LogP contribution in [0.4, 0.5) is 13.2 Å². The number of nitrogens with zero attached hydrogens (tertiary/aromatic N) is 5. The predicted molar refractivity (Wildman–Crippen MR) is 119 cm³/mol. The Morgan fingerprint density at radius 3 is 2.27 bits per heavy atom. The average Bonchev–Trinajstić information content (AvgIpc) is 3.19. The lowest BCUT2D eigenvalue weighted by molar-refractivity contribution is -0.138. The smallest absolute Gasteiger partial charge is 0.416 e. The van der Waals surface area contributed by atoms with E-state index in [4.69, 9.17) is 9.16 Å². The van der Waals surface area contributed by atoms with E-state index in [-0.39, 0.29) is 28.9 Å². The van der Waals surface area contributed by atoms with Crippen molar-refractivity contribution in [2.24, 2.45) is 0 Å². The molecule has 7 nitrogen and oxygen atoms in total. The first-order valence-corrected chi connectivity index (χ1v) is 13.3. The Balaban J connectivity index is 1.65. The van der Waals surface area contributed by atoms with Crippen LogP contribution in [-0.4, -0.2) is 33.3 Å². The van der Waals surface area contributed by atoms with E-state index in [9.17, 15) is 13.2 Å². The number of ether oxygens (including phenoxy) is 1. The molecule has 0 saturated heterocycles. The molecule has 3 rings (SSSR count). The fourth-order valence-electron chi connectivity index (χ4n) is 2.73. The highest BCUT2D eigenvalue weighted by Gasteiger charge is 2.37. The van der Waals surface area contributed by atoms with Crippen molar-refractivity contribution in [1.82, 2.24) is 25.0 Å². The molecule has 2 aromatic heterocycles. The third-order valence-electron chi connectivity index (χ3n) is 5.82. The standard InChI is InChI=1S/C22H28F3N5O2Si/c1-15-8-7-9-19(22(23,24)25)18(15)14-31-17-11-26-20(27-12-17)30-28-10-16(29-30)13-32-33(5,6)21(2,3)4/h7-12H,13-14H2,1-6H3. The van der Waals surface area contributed by atoms with Crippen LogP contribution in [0.25, 0.3) is 5.95 Å². The van der Waals surface area contributed by atoms with Crippen molar-refractivity contribution < 1.29 is 22.3 Å². The number of benzene rings is 1. The minimum Gasteiger partial charge on any atom is -0.486 e. The summed E-state index contributed by atoms with van der Waals surface area (Å²) in [5.74, 6) is 0.455. The second-order valence-electron chi connectivity index (χ2n) is 9.28. The first kappa shape index (κ1) is 24.8. The molecule has 3 aromatic rings. The maximum absolute atomic E-state index is 13.3. The van der Waals surface area contributed by atoms with Crippen LogP contribution in [0.3, 0.4) is 0 Å². The first-order chi connectivity index (χ1) is 15.3. The Kier molecular flexibility index (Phi) is 6.94. The fourth-order valence-corrected chi connectivity index (χ4v) is 3.67. The zero-order chi connectivity index (χ0) is 24.4. The van der Waals surface area contributed by atoms with Gasteiger partial charge in [-0.1, -0.05) is 32.9 Å². The van der Waals surface area contributed by atoms with Gasteiger partial charge in [-0.25, -0.2) is 9.97 Å². The van der Waals surface area contributed by atoms with Crippen LogP contribution in [0.15, 0.2) is 36.8 Å². The van der Waals surface area contributed by atoms with E-state index in [0.29, 0.717) is 17.9 Å². The molecule has 0 fully saturated rings. The monoisotopic (exact) mass is 479 g/mol. The van der Waals surface area contributed by atoms with Gasteiger partial charge in [0, 0.05) is 5.56 Å². The van der Waals surface area contributed by atoms with Gasteiger partial charge in [-0.3, -0.25) is 0 Å². The molecular weight excluding hydrogens is 451 g/mol. The quantitative estimate of drug-likeness (QED) is 0.418. The van der Waals surface area contributed by atoms with Crippen molar-refractivity contribution in [3.05, 3.63) is 59.2 Å². The molecule has 0 N–H and O–H groups in total. The van der Waals surface area contributed by atoms with E-state index in [1.807, 2.05) is 0 Å². The van der Waals surface area contributed by atoms with Crippen LogP contribution >= 0.6 is 0 Å². The Hall–Kier alpha value is -2.79. The van der Waals surface area contributed by atoms with Crippen LogP contribution in [0.2, 0.25) is 18.1 Å². The SMILES string of the molecule is Cc1cccc(C(F)(F)F)c1COc1cnc(-n2ncc(CO[Si](C)(C)C(C)(C)C)n2)nc1. The molecule has 0 amide bonds. The fraction of sp³-hybridized carbons (Fsp3) is 0.455. The number of aryl methyl sites for hydroxylation is 1. The predicted octanol–water partition coefficient (Wildman–Crippen LogP) is 5.49. The Labute approximate surface area is 192 Å². The Bertz CT molecular complexity index is 1090. The van der Waals surface area contributed by atoms with E-state index in [1.54, 1.807) is 19.2 Å². The largest absolute Gasteiger partial charge is 0.486 e. The summed E-state index contributed by atoms with van der Waals surface area (Å²) in [6.45, 7) is 12.5. The van der Waals surface area contributed by atoms with Gasteiger partial charge >= 0.3 is 6.18 Å².